The van der Waals surface area contributed by atoms with Gasteiger partial charge in [-0.2, -0.15) is 0 Å². The molecule has 7 rings (SSSR count). The van der Waals surface area contributed by atoms with Crippen LogP contribution < -0.4 is 0 Å². The molecule has 0 fully saturated rings. The first kappa shape index (κ1) is 18.8. The van der Waals surface area contributed by atoms with Gasteiger partial charge in [-0.15, -0.1) is 11.3 Å². The molecule has 0 aliphatic heterocycles. The average Bonchev–Trinajstić information content (AvgIpc) is 3.42. The third kappa shape index (κ3) is 2.76. The molecule has 0 spiro atoms. The van der Waals surface area contributed by atoms with Gasteiger partial charge in [-0.05, 0) is 75.5 Å². The van der Waals surface area contributed by atoms with E-state index >= 15 is 0 Å². The van der Waals surface area contributed by atoms with Crippen LogP contribution in [0.25, 0.3) is 53.6 Å². The Hall–Kier alpha value is -3.68. The van der Waals surface area contributed by atoms with Crippen LogP contribution in [0.15, 0.2) is 103 Å². The van der Waals surface area contributed by atoms with E-state index in [1.165, 1.54) is 70.2 Å². The molecule has 0 saturated heterocycles. The van der Waals surface area contributed by atoms with E-state index in [4.69, 9.17) is 0 Å². The molecule has 5 aromatic carbocycles. The normalized spacial score (nSPS) is 12.3. The Morgan fingerprint density at radius 2 is 1.12 bits per heavy atom. The Kier molecular flexibility index (Phi) is 4.09. The molecular weight excluding hydrogens is 416 g/mol. The van der Waals surface area contributed by atoms with Gasteiger partial charge in [-0.1, -0.05) is 91.0 Å². The Bertz CT molecular complexity index is 1700. The van der Waals surface area contributed by atoms with Crippen LogP contribution >= 0.6 is 11.3 Å². The van der Waals surface area contributed by atoms with Gasteiger partial charge in [0.2, 0.25) is 0 Å². The third-order valence-corrected chi connectivity index (χ3v) is 8.27. The zero-order valence-corrected chi connectivity index (χ0v) is 19.2. The maximum absolute atomic E-state index is 2.30. The second-order valence-corrected chi connectivity index (χ2v) is 10.0. The highest BCUT2D eigenvalue weighted by molar-refractivity contribution is 7.25. The van der Waals surface area contributed by atoms with Crippen molar-refractivity contribution in [2.45, 2.75) is 13.3 Å². The first-order valence-electron chi connectivity index (χ1n) is 11.5. The summed E-state index contributed by atoms with van der Waals surface area (Å²) in [7, 11) is 0. The summed E-state index contributed by atoms with van der Waals surface area (Å²) in [5.74, 6) is 0. The highest BCUT2D eigenvalue weighted by atomic mass is 32.1. The van der Waals surface area contributed by atoms with Gasteiger partial charge in [-0.25, -0.2) is 0 Å². The fourth-order valence-corrected chi connectivity index (χ4v) is 6.76. The van der Waals surface area contributed by atoms with Crippen LogP contribution in [0.5, 0.6) is 0 Å². The second-order valence-electron chi connectivity index (χ2n) is 8.93. The number of thiophene rings is 1. The molecule has 0 atom stereocenters. The van der Waals surface area contributed by atoms with Crippen molar-refractivity contribution in [2.75, 3.05) is 0 Å². The minimum absolute atomic E-state index is 1.03. The molecule has 156 valence electrons. The molecule has 0 nitrogen and oxygen atoms in total. The van der Waals surface area contributed by atoms with Crippen molar-refractivity contribution in [1.29, 1.82) is 0 Å². The summed E-state index contributed by atoms with van der Waals surface area (Å²) in [6.07, 6.45) is 1.03. The van der Waals surface area contributed by atoms with Crippen LogP contribution in [-0.4, -0.2) is 0 Å². The monoisotopic (exact) mass is 438 g/mol. The SMILES string of the molecule is Cc1c(-c2cccc3c2-c2ccccc2C3)cccc1-c1cccc2sc3ccccc3c12. The van der Waals surface area contributed by atoms with Crippen LogP contribution in [0.2, 0.25) is 0 Å². The summed E-state index contributed by atoms with van der Waals surface area (Å²) in [6, 6.07) is 38.0. The standard InChI is InChI=1S/C32H22S/c1-20-23(26-15-6-10-22-19-21-9-2-3-11-25(21)31(22)26)13-7-14-24(20)27-16-8-18-30-32(27)28-12-4-5-17-29(28)33-30/h2-18H,19H2,1H3. The smallest absolute Gasteiger partial charge is 0.0361 e. The van der Waals surface area contributed by atoms with E-state index in [9.17, 15) is 0 Å². The van der Waals surface area contributed by atoms with E-state index < -0.39 is 0 Å². The molecule has 0 amide bonds. The van der Waals surface area contributed by atoms with Crippen molar-refractivity contribution in [1.82, 2.24) is 0 Å². The minimum Gasteiger partial charge on any atom is -0.135 e. The van der Waals surface area contributed by atoms with Crippen molar-refractivity contribution in [3.63, 3.8) is 0 Å². The Balaban J connectivity index is 1.49. The topological polar surface area (TPSA) is 0 Å². The Morgan fingerprint density at radius 3 is 2.06 bits per heavy atom. The van der Waals surface area contributed by atoms with E-state index in [2.05, 4.69) is 110 Å². The van der Waals surface area contributed by atoms with Crippen molar-refractivity contribution in [3.05, 3.63) is 120 Å². The summed E-state index contributed by atoms with van der Waals surface area (Å²) < 4.78 is 2.71. The van der Waals surface area contributed by atoms with E-state index in [1.807, 2.05) is 11.3 Å². The highest BCUT2D eigenvalue weighted by Gasteiger charge is 2.23. The summed E-state index contributed by atoms with van der Waals surface area (Å²) in [6.45, 7) is 2.29. The average molecular weight is 439 g/mol. The minimum atomic E-state index is 1.03. The lowest BCUT2D eigenvalue weighted by Gasteiger charge is -2.16. The van der Waals surface area contributed by atoms with E-state index in [1.54, 1.807) is 0 Å². The van der Waals surface area contributed by atoms with Crippen molar-refractivity contribution in [2.24, 2.45) is 0 Å². The van der Waals surface area contributed by atoms with Crippen LogP contribution in [0.4, 0.5) is 0 Å². The lowest BCUT2D eigenvalue weighted by atomic mass is 9.87. The molecule has 1 heterocycles. The maximum atomic E-state index is 2.30. The zero-order chi connectivity index (χ0) is 21.9. The number of benzene rings is 5. The van der Waals surface area contributed by atoms with E-state index in [0.717, 1.165) is 6.42 Å². The number of fused-ring (bicyclic) bond motifs is 6. The van der Waals surface area contributed by atoms with Crippen LogP contribution in [0, 0.1) is 6.92 Å². The van der Waals surface area contributed by atoms with Crippen molar-refractivity contribution >= 4 is 31.5 Å². The van der Waals surface area contributed by atoms with Gasteiger partial charge < -0.3 is 0 Å². The zero-order valence-electron chi connectivity index (χ0n) is 18.4. The first-order valence-corrected chi connectivity index (χ1v) is 12.3. The van der Waals surface area contributed by atoms with Gasteiger partial charge in [-0.3, -0.25) is 0 Å². The molecule has 6 aromatic rings. The summed E-state index contributed by atoms with van der Waals surface area (Å²) in [4.78, 5) is 0. The Labute approximate surface area is 197 Å². The lowest BCUT2D eigenvalue weighted by molar-refractivity contribution is 1.26. The van der Waals surface area contributed by atoms with Gasteiger partial charge in [0.05, 0.1) is 0 Å². The molecule has 1 heteroatoms. The molecule has 0 radical (unpaired) electrons. The molecular formula is C32H22S. The summed E-state index contributed by atoms with van der Waals surface area (Å²) in [5.41, 5.74) is 12.3. The molecule has 1 aliphatic carbocycles. The van der Waals surface area contributed by atoms with E-state index in [0.29, 0.717) is 0 Å². The molecule has 0 unspecified atom stereocenters. The summed E-state index contributed by atoms with van der Waals surface area (Å²) >= 11 is 1.89. The largest absolute Gasteiger partial charge is 0.135 e. The number of hydrogen-bond acceptors (Lipinski definition) is 1. The van der Waals surface area contributed by atoms with Crippen molar-refractivity contribution in [3.8, 4) is 33.4 Å². The molecule has 1 aromatic heterocycles. The summed E-state index contributed by atoms with van der Waals surface area (Å²) in [5, 5.41) is 2.73. The molecule has 1 aliphatic rings. The van der Waals surface area contributed by atoms with Crippen LogP contribution in [0.3, 0.4) is 0 Å². The fourth-order valence-electron chi connectivity index (χ4n) is 5.63. The van der Waals surface area contributed by atoms with Crippen LogP contribution in [0.1, 0.15) is 16.7 Å². The van der Waals surface area contributed by atoms with Crippen molar-refractivity contribution < 1.29 is 0 Å². The highest BCUT2D eigenvalue weighted by Crippen LogP contribution is 2.46. The van der Waals surface area contributed by atoms with Gasteiger partial charge in [0, 0.05) is 20.2 Å². The second kappa shape index (κ2) is 7.16. The van der Waals surface area contributed by atoms with Gasteiger partial charge in [0.25, 0.3) is 0 Å². The quantitative estimate of drug-likeness (QED) is 0.252. The molecule has 0 bridgehead atoms. The van der Waals surface area contributed by atoms with Gasteiger partial charge >= 0.3 is 0 Å². The Morgan fingerprint density at radius 1 is 0.515 bits per heavy atom. The lowest BCUT2D eigenvalue weighted by Crippen LogP contribution is -1.92. The molecule has 0 saturated carbocycles. The predicted molar refractivity (Wildman–Crippen MR) is 143 cm³/mol. The molecule has 33 heavy (non-hydrogen) atoms. The predicted octanol–water partition coefficient (Wildman–Crippen LogP) is 9.27. The first-order chi connectivity index (χ1) is 16.3. The number of hydrogen-bond donors (Lipinski definition) is 0. The fraction of sp³-hybridized carbons (Fsp3) is 0.0625. The van der Waals surface area contributed by atoms with Crippen LogP contribution in [-0.2, 0) is 6.42 Å². The van der Waals surface area contributed by atoms with E-state index in [-0.39, 0.29) is 0 Å². The third-order valence-electron chi connectivity index (χ3n) is 7.14. The molecule has 0 N–H and O–H groups in total. The number of rotatable bonds is 2. The van der Waals surface area contributed by atoms with Gasteiger partial charge in [0.15, 0.2) is 0 Å². The van der Waals surface area contributed by atoms with Gasteiger partial charge in [0.1, 0.15) is 0 Å². The maximum Gasteiger partial charge on any atom is 0.0361 e.